The van der Waals surface area contributed by atoms with Crippen molar-refractivity contribution in [2.45, 2.75) is 12.5 Å². The second kappa shape index (κ2) is 8.64. The third-order valence-corrected chi connectivity index (χ3v) is 7.03. The van der Waals surface area contributed by atoms with Crippen LogP contribution in [-0.4, -0.2) is 53.3 Å². The Morgan fingerprint density at radius 1 is 1.21 bits per heavy atom. The van der Waals surface area contributed by atoms with Crippen LogP contribution in [-0.2, 0) is 33.5 Å². The third kappa shape index (κ3) is 6.68. The van der Waals surface area contributed by atoms with E-state index in [0.29, 0.717) is 11.2 Å². The highest BCUT2D eigenvalue weighted by atomic mass is 31.3. The highest BCUT2D eigenvalue weighted by Crippen LogP contribution is 2.65. The smallest absolute Gasteiger partial charge is 0.384 e. The van der Waals surface area contributed by atoms with Crippen LogP contribution >= 0.6 is 23.2 Å². The molecule has 2 aromatic heterocycles. The molecule has 0 bridgehead atoms. The van der Waals surface area contributed by atoms with Crippen molar-refractivity contribution in [3.8, 4) is 0 Å². The average Bonchev–Trinajstić information content (AvgIpc) is 2.92. The van der Waals surface area contributed by atoms with E-state index in [1.165, 1.54) is 23.0 Å². The fourth-order valence-electron chi connectivity index (χ4n) is 2.04. The maximum Gasteiger partial charge on any atom is 0.488 e. The molecule has 0 spiro atoms. The van der Waals surface area contributed by atoms with Crippen LogP contribution in [0.25, 0.3) is 5.65 Å². The molecule has 0 aliphatic carbocycles. The van der Waals surface area contributed by atoms with Crippen molar-refractivity contribution in [1.29, 1.82) is 0 Å². The van der Waals surface area contributed by atoms with Crippen LogP contribution in [0.3, 0.4) is 0 Å². The van der Waals surface area contributed by atoms with Crippen molar-refractivity contribution in [2.24, 2.45) is 0 Å². The Morgan fingerprint density at radius 3 is 2.50 bits per heavy atom. The van der Waals surface area contributed by atoms with Gasteiger partial charge in [-0.05, 0) is 6.07 Å². The Morgan fingerprint density at radius 2 is 1.89 bits per heavy atom. The number of nitrogens with zero attached hydrogens (tertiary/aromatic N) is 3. The fourth-order valence-corrected chi connectivity index (χ4v) is 5.38. The summed E-state index contributed by atoms with van der Waals surface area (Å²) in [5.41, 5.74) is 6.41. The number of hydrogen-bond acceptors (Lipinski definition) is 9. The normalized spacial score (nSPS) is 17.9. The van der Waals surface area contributed by atoms with Crippen LogP contribution in [0.5, 0.6) is 0 Å². The first-order chi connectivity index (χ1) is 12.8. The van der Waals surface area contributed by atoms with Gasteiger partial charge in [0.1, 0.15) is 18.8 Å². The number of halogens is 1. The van der Waals surface area contributed by atoms with E-state index in [9.17, 15) is 23.0 Å². The van der Waals surface area contributed by atoms with Gasteiger partial charge in [0.2, 0.25) is 0 Å². The molecule has 158 valence electrons. The van der Waals surface area contributed by atoms with E-state index in [4.69, 9.17) is 25.2 Å². The minimum Gasteiger partial charge on any atom is -0.384 e. The van der Waals surface area contributed by atoms with Gasteiger partial charge in [-0.1, -0.05) is 0 Å². The molecule has 0 aliphatic heterocycles. The number of aromatic nitrogens is 3. The molecule has 3 atom stereocenters. The van der Waals surface area contributed by atoms with Crippen LogP contribution < -0.4 is 5.73 Å². The number of nitrogens with two attached hydrogens (primary N) is 1. The first-order valence-electron chi connectivity index (χ1n) is 7.19. The molecular formula is C10H16FN4O10P3. The summed E-state index contributed by atoms with van der Waals surface area (Å²) in [7, 11) is -16.1. The highest BCUT2D eigenvalue weighted by Gasteiger charge is 2.40. The zero-order valence-corrected chi connectivity index (χ0v) is 16.5. The molecule has 2 rings (SSSR count). The van der Waals surface area contributed by atoms with Gasteiger partial charge in [-0.15, -0.1) is 0 Å². The van der Waals surface area contributed by atoms with Gasteiger partial charge in [0.15, 0.2) is 5.65 Å². The standard InChI is InChI=1S/C10H16FN4O10P3/c11-4-8(3-7-5-14-15-9(12)1-2-13-10(7)15)23-6-26(16,17)24-28(21,22)25-27(18,19)20/h1-2,5,8H,3-4,6,12H2,(H,16,17)(H,21,22)(H2,18,19,20)/t8-/m0/s1. The van der Waals surface area contributed by atoms with Crippen molar-refractivity contribution in [2.75, 3.05) is 18.8 Å². The molecule has 6 N–H and O–H groups in total. The van der Waals surface area contributed by atoms with Crippen LogP contribution in [0.4, 0.5) is 10.2 Å². The topological polar surface area (TPSA) is 216 Å². The van der Waals surface area contributed by atoms with Crippen LogP contribution in [0.2, 0.25) is 0 Å². The minimum absolute atomic E-state index is 0.147. The lowest BCUT2D eigenvalue weighted by Gasteiger charge is -2.19. The Bertz CT molecular complexity index is 980. The quantitative estimate of drug-likeness (QED) is 0.304. The predicted molar refractivity (Wildman–Crippen MR) is 90.7 cm³/mol. The van der Waals surface area contributed by atoms with Crippen molar-refractivity contribution in [1.82, 2.24) is 14.6 Å². The number of nitrogen functional groups attached to an aromatic ring is 1. The van der Waals surface area contributed by atoms with Crippen LogP contribution in [0.15, 0.2) is 18.5 Å². The SMILES string of the molecule is Nc1ccnc2c(C[C@@H](CF)OCP(=O)(O)OP(=O)(O)OP(=O)(O)O)cnn12. The second-order valence-corrected chi connectivity index (χ2v) is 10.1. The van der Waals surface area contributed by atoms with E-state index in [1.54, 1.807) is 0 Å². The zero-order chi connectivity index (χ0) is 21.2. The largest absolute Gasteiger partial charge is 0.488 e. The summed E-state index contributed by atoms with van der Waals surface area (Å²) >= 11 is 0. The summed E-state index contributed by atoms with van der Waals surface area (Å²) in [5, 5.41) is 3.96. The molecule has 2 heterocycles. The molecule has 0 radical (unpaired) electrons. The summed E-state index contributed by atoms with van der Waals surface area (Å²) in [6, 6.07) is 1.49. The molecule has 0 aromatic carbocycles. The van der Waals surface area contributed by atoms with E-state index in [1.807, 2.05) is 0 Å². The summed E-state index contributed by atoms with van der Waals surface area (Å²) in [6.45, 7) is -1.12. The molecule has 0 fully saturated rings. The Hall–Kier alpha value is -1.24. The average molecular weight is 464 g/mol. The van der Waals surface area contributed by atoms with Gasteiger partial charge in [0.25, 0.3) is 0 Å². The molecule has 0 saturated carbocycles. The summed E-state index contributed by atoms with van der Waals surface area (Å²) in [6.07, 6.45) is 0.0466. The van der Waals surface area contributed by atoms with Crippen LogP contribution in [0, 0.1) is 0 Å². The lowest BCUT2D eigenvalue weighted by molar-refractivity contribution is 0.0560. The monoisotopic (exact) mass is 464 g/mol. The molecule has 0 aliphatic rings. The van der Waals surface area contributed by atoms with Crippen molar-refractivity contribution in [3.63, 3.8) is 0 Å². The van der Waals surface area contributed by atoms with Gasteiger partial charge in [-0.3, -0.25) is 4.57 Å². The molecule has 28 heavy (non-hydrogen) atoms. The van der Waals surface area contributed by atoms with Crippen LogP contribution in [0.1, 0.15) is 5.56 Å². The number of ether oxygens (including phenoxy) is 1. The lowest BCUT2D eigenvalue weighted by atomic mass is 10.1. The molecule has 14 nitrogen and oxygen atoms in total. The maximum absolute atomic E-state index is 13.2. The first-order valence-corrected chi connectivity index (χ1v) is 12.0. The van der Waals surface area contributed by atoms with Gasteiger partial charge in [-0.2, -0.15) is 13.9 Å². The third-order valence-electron chi connectivity index (χ3n) is 3.04. The van der Waals surface area contributed by atoms with Crippen molar-refractivity contribution < 1.29 is 51.0 Å². The number of anilines is 1. The lowest BCUT2D eigenvalue weighted by Crippen LogP contribution is -2.19. The molecule has 2 unspecified atom stereocenters. The van der Waals surface area contributed by atoms with E-state index >= 15 is 0 Å². The molecule has 0 amide bonds. The number of hydrogen-bond donors (Lipinski definition) is 5. The minimum atomic E-state index is -5.59. The first kappa shape index (κ1) is 23.0. The predicted octanol–water partition coefficient (Wildman–Crippen LogP) is 0.578. The fraction of sp³-hybridized carbons (Fsp3) is 0.400. The van der Waals surface area contributed by atoms with Gasteiger partial charge < -0.3 is 30.0 Å². The highest BCUT2D eigenvalue weighted by molar-refractivity contribution is 7.68. The molecule has 2 aromatic rings. The number of fused-ring (bicyclic) bond motifs is 1. The summed E-state index contributed by atoms with van der Waals surface area (Å²) < 4.78 is 60.3. The molecule has 18 heteroatoms. The van der Waals surface area contributed by atoms with Gasteiger partial charge in [-0.25, -0.2) is 22.8 Å². The van der Waals surface area contributed by atoms with Crippen molar-refractivity contribution >= 4 is 34.7 Å². The Labute approximate surface area is 156 Å². The zero-order valence-electron chi connectivity index (χ0n) is 13.8. The van der Waals surface area contributed by atoms with E-state index < -0.39 is 42.4 Å². The molecular weight excluding hydrogens is 448 g/mol. The summed E-state index contributed by atoms with van der Waals surface area (Å²) in [4.78, 5) is 39.5. The maximum atomic E-state index is 13.2. The number of rotatable bonds is 10. The number of phosphoric acid groups is 2. The van der Waals surface area contributed by atoms with E-state index in [2.05, 4.69) is 18.7 Å². The van der Waals surface area contributed by atoms with Gasteiger partial charge >= 0.3 is 23.2 Å². The van der Waals surface area contributed by atoms with Gasteiger partial charge in [0, 0.05) is 18.2 Å². The van der Waals surface area contributed by atoms with E-state index in [-0.39, 0.29) is 12.2 Å². The molecule has 0 saturated heterocycles. The Balaban J connectivity index is 2.02. The second-order valence-electron chi connectivity index (χ2n) is 5.31. The number of alkyl halides is 1. The van der Waals surface area contributed by atoms with Crippen molar-refractivity contribution in [3.05, 3.63) is 24.0 Å². The Kier molecular flexibility index (Phi) is 7.11. The van der Waals surface area contributed by atoms with E-state index in [0.717, 1.165) is 0 Å². The van der Waals surface area contributed by atoms with Gasteiger partial charge in [0.05, 0.1) is 12.3 Å². The summed E-state index contributed by atoms with van der Waals surface area (Å²) in [5.74, 6) is 0.269.